The van der Waals surface area contributed by atoms with Crippen LogP contribution < -0.4 is 11.5 Å². The maximum atomic E-state index is 11.5. The van der Waals surface area contributed by atoms with Gasteiger partial charge in [0.05, 0.1) is 18.7 Å². The number of anilines is 2. The summed E-state index contributed by atoms with van der Waals surface area (Å²) in [5, 5.41) is 3.75. The van der Waals surface area contributed by atoms with E-state index < -0.39 is 6.09 Å². The standard InChI is InChI=1S/C11H11N3O2.C4H7N3/c12-10-6-7-13-14(10)11(15)16-8-9-4-2-1-3-5-9;1-7-3-6-2-4(7)5/h1-7H,8,12H2;2-3H,5H2,1H3. The van der Waals surface area contributed by atoms with Crippen LogP contribution in [0.2, 0.25) is 0 Å². The molecule has 0 aliphatic rings. The number of aryl methyl sites for hydroxylation is 1. The lowest BCUT2D eigenvalue weighted by molar-refractivity contribution is 0.138. The summed E-state index contributed by atoms with van der Waals surface area (Å²) in [6, 6.07) is 10.9. The Morgan fingerprint density at radius 1 is 1.17 bits per heavy atom. The number of carbonyl (C=O) groups excluding carboxylic acids is 1. The number of hydrogen-bond donors (Lipinski definition) is 2. The van der Waals surface area contributed by atoms with Gasteiger partial charge in [-0.1, -0.05) is 30.3 Å². The van der Waals surface area contributed by atoms with Gasteiger partial charge in [0.15, 0.2) is 0 Å². The molecule has 8 nitrogen and oxygen atoms in total. The molecule has 0 amide bonds. The number of imidazole rings is 1. The lowest BCUT2D eigenvalue weighted by Gasteiger charge is -2.05. The zero-order valence-electron chi connectivity index (χ0n) is 12.7. The zero-order chi connectivity index (χ0) is 16.7. The summed E-state index contributed by atoms with van der Waals surface area (Å²) < 4.78 is 7.80. The first kappa shape index (κ1) is 16.1. The lowest BCUT2D eigenvalue weighted by Crippen LogP contribution is -2.17. The van der Waals surface area contributed by atoms with Crippen LogP contribution in [0.4, 0.5) is 16.4 Å². The third-order valence-electron chi connectivity index (χ3n) is 2.90. The van der Waals surface area contributed by atoms with Crippen LogP contribution in [0.5, 0.6) is 0 Å². The van der Waals surface area contributed by atoms with Crippen molar-refractivity contribution >= 4 is 17.7 Å². The average Bonchev–Trinajstić information content (AvgIpc) is 3.15. The van der Waals surface area contributed by atoms with Gasteiger partial charge < -0.3 is 20.8 Å². The Hall–Kier alpha value is -3.29. The molecule has 0 spiro atoms. The molecule has 0 radical (unpaired) electrons. The Labute approximate surface area is 133 Å². The summed E-state index contributed by atoms with van der Waals surface area (Å²) in [5.41, 5.74) is 11.8. The Morgan fingerprint density at radius 2 is 1.91 bits per heavy atom. The van der Waals surface area contributed by atoms with Gasteiger partial charge in [-0.15, -0.1) is 4.68 Å². The first-order valence-electron chi connectivity index (χ1n) is 6.80. The Morgan fingerprint density at radius 3 is 2.39 bits per heavy atom. The van der Waals surface area contributed by atoms with E-state index in [2.05, 4.69) is 10.1 Å². The molecule has 0 aliphatic carbocycles. The number of aromatic nitrogens is 4. The van der Waals surface area contributed by atoms with Gasteiger partial charge >= 0.3 is 6.09 Å². The SMILES string of the molecule is Cn1cncc1N.Nc1ccnn1C(=O)OCc1ccccc1. The minimum Gasteiger partial charge on any atom is -0.443 e. The van der Waals surface area contributed by atoms with Gasteiger partial charge in [0.1, 0.15) is 18.2 Å². The summed E-state index contributed by atoms with van der Waals surface area (Å²) >= 11 is 0. The van der Waals surface area contributed by atoms with Crippen molar-refractivity contribution in [2.75, 3.05) is 11.5 Å². The van der Waals surface area contributed by atoms with Gasteiger partial charge in [-0.25, -0.2) is 9.78 Å². The maximum Gasteiger partial charge on any atom is 0.436 e. The molecular weight excluding hydrogens is 296 g/mol. The number of benzene rings is 1. The molecule has 3 aromatic rings. The van der Waals surface area contributed by atoms with Gasteiger partial charge in [-0.3, -0.25) is 0 Å². The van der Waals surface area contributed by atoms with Crippen LogP contribution in [0.15, 0.2) is 55.1 Å². The normalized spacial score (nSPS) is 9.78. The molecule has 4 N–H and O–H groups in total. The molecule has 3 rings (SSSR count). The van der Waals surface area contributed by atoms with Crippen molar-refractivity contribution in [3.05, 3.63) is 60.7 Å². The number of ether oxygens (including phenoxy) is 1. The minimum absolute atomic E-state index is 0.207. The Balaban J connectivity index is 0.000000229. The first-order valence-corrected chi connectivity index (χ1v) is 6.80. The van der Waals surface area contributed by atoms with E-state index in [-0.39, 0.29) is 12.4 Å². The molecule has 2 aromatic heterocycles. The quantitative estimate of drug-likeness (QED) is 0.743. The van der Waals surface area contributed by atoms with Gasteiger partial charge in [0, 0.05) is 13.1 Å². The van der Waals surface area contributed by atoms with E-state index >= 15 is 0 Å². The molecule has 23 heavy (non-hydrogen) atoms. The van der Waals surface area contributed by atoms with Crippen molar-refractivity contribution in [3.8, 4) is 0 Å². The maximum absolute atomic E-state index is 11.5. The molecule has 0 bridgehead atoms. The average molecular weight is 314 g/mol. The van der Waals surface area contributed by atoms with Crippen LogP contribution in [0.1, 0.15) is 5.56 Å². The summed E-state index contributed by atoms with van der Waals surface area (Å²) in [5.74, 6) is 0.957. The molecule has 0 fully saturated rings. The second kappa shape index (κ2) is 7.64. The molecule has 0 saturated heterocycles. The fourth-order valence-electron chi connectivity index (χ4n) is 1.61. The molecular formula is C15H18N6O2. The monoisotopic (exact) mass is 314 g/mol. The van der Waals surface area contributed by atoms with Crippen molar-refractivity contribution in [2.45, 2.75) is 6.61 Å². The highest BCUT2D eigenvalue weighted by molar-refractivity contribution is 5.73. The number of nitrogen functional groups attached to an aromatic ring is 2. The Bertz CT molecular complexity index is 734. The molecule has 0 aliphatic heterocycles. The fourth-order valence-corrected chi connectivity index (χ4v) is 1.61. The molecule has 0 atom stereocenters. The van der Waals surface area contributed by atoms with Crippen molar-refractivity contribution in [3.63, 3.8) is 0 Å². The van der Waals surface area contributed by atoms with Gasteiger partial charge in [-0.05, 0) is 5.56 Å². The summed E-state index contributed by atoms with van der Waals surface area (Å²) in [6.45, 7) is 0.207. The molecule has 8 heteroatoms. The van der Waals surface area contributed by atoms with Crippen molar-refractivity contribution in [1.82, 2.24) is 19.3 Å². The van der Waals surface area contributed by atoms with Crippen LogP contribution in [0.3, 0.4) is 0 Å². The Kier molecular flexibility index (Phi) is 5.35. The van der Waals surface area contributed by atoms with Crippen LogP contribution >= 0.6 is 0 Å². The van der Waals surface area contributed by atoms with Crippen molar-refractivity contribution < 1.29 is 9.53 Å². The summed E-state index contributed by atoms with van der Waals surface area (Å²) in [7, 11) is 1.85. The predicted molar refractivity (Wildman–Crippen MR) is 86.3 cm³/mol. The number of nitrogens with zero attached hydrogens (tertiary/aromatic N) is 4. The highest BCUT2D eigenvalue weighted by Gasteiger charge is 2.09. The van der Waals surface area contributed by atoms with E-state index in [9.17, 15) is 4.79 Å². The lowest BCUT2D eigenvalue weighted by atomic mass is 10.2. The fraction of sp³-hybridized carbons (Fsp3) is 0.133. The first-order chi connectivity index (χ1) is 11.1. The number of carbonyl (C=O) groups is 1. The van der Waals surface area contributed by atoms with Crippen LogP contribution in [-0.2, 0) is 18.4 Å². The summed E-state index contributed by atoms with van der Waals surface area (Å²) in [4.78, 5) is 15.3. The van der Waals surface area contributed by atoms with E-state index in [0.717, 1.165) is 10.2 Å². The minimum atomic E-state index is -0.577. The van der Waals surface area contributed by atoms with E-state index in [1.54, 1.807) is 17.1 Å². The van der Waals surface area contributed by atoms with Crippen LogP contribution in [0.25, 0.3) is 0 Å². The highest BCUT2D eigenvalue weighted by atomic mass is 16.6. The highest BCUT2D eigenvalue weighted by Crippen LogP contribution is 2.04. The zero-order valence-corrected chi connectivity index (χ0v) is 12.7. The predicted octanol–water partition coefficient (Wildman–Crippen LogP) is 1.65. The molecule has 0 unspecified atom stereocenters. The molecule has 1 aromatic carbocycles. The van der Waals surface area contributed by atoms with E-state index in [0.29, 0.717) is 5.82 Å². The van der Waals surface area contributed by atoms with Crippen molar-refractivity contribution in [1.29, 1.82) is 0 Å². The van der Waals surface area contributed by atoms with Gasteiger partial charge in [-0.2, -0.15) is 5.10 Å². The number of rotatable bonds is 2. The van der Waals surface area contributed by atoms with Crippen LogP contribution in [0, 0.1) is 0 Å². The number of hydrogen-bond acceptors (Lipinski definition) is 6. The second-order valence-electron chi connectivity index (χ2n) is 4.64. The molecule has 2 heterocycles. The topological polar surface area (TPSA) is 114 Å². The summed E-state index contributed by atoms with van der Waals surface area (Å²) in [6.07, 6.45) is 4.14. The van der Waals surface area contributed by atoms with E-state index in [4.69, 9.17) is 16.2 Å². The van der Waals surface area contributed by atoms with E-state index in [1.165, 1.54) is 12.3 Å². The van der Waals surface area contributed by atoms with E-state index in [1.807, 2.05) is 37.4 Å². The van der Waals surface area contributed by atoms with Gasteiger partial charge in [0.25, 0.3) is 0 Å². The third kappa shape index (κ3) is 4.60. The van der Waals surface area contributed by atoms with Crippen molar-refractivity contribution in [2.24, 2.45) is 7.05 Å². The largest absolute Gasteiger partial charge is 0.443 e. The second-order valence-corrected chi connectivity index (χ2v) is 4.64. The molecule has 120 valence electrons. The number of nitrogens with two attached hydrogens (primary N) is 2. The third-order valence-corrected chi connectivity index (χ3v) is 2.90. The molecule has 0 saturated carbocycles. The van der Waals surface area contributed by atoms with Crippen LogP contribution in [-0.4, -0.2) is 25.4 Å². The smallest absolute Gasteiger partial charge is 0.436 e. The van der Waals surface area contributed by atoms with Gasteiger partial charge in [0.2, 0.25) is 0 Å².